The molecule has 0 spiro atoms. The second-order valence-electron chi connectivity index (χ2n) is 6.12. The van der Waals surface area contributed by atoms with E-state index in [9.17, 15) is 4.79 Å². The van der Waals surface area contributed by atoms with Crippen LogP contribution in [0.3, 0.4) is 0 Å². The number of carbonyl (C=O) groups is 1. The molecule has 0 saturated heterocycles. The fourth-order valence-corrected chi connectivity index (χ4v) is 2.59. The monoisotopic (exact) mass is 336 g/mol. The number of imidazole rings is 1. The minimum absolute atomic E-state index is 0.199. The number of ether oxygens (including phenoxy) is 1. The number of carbonyl (C=O) groups excluding carboxylic acids is 1. The van der Waals surface area contributed by atoms with Gasteiger partial charge in [-0.2, -0.15) is 0 Å². The highest BCUT2D eigenvalue weighted by Gasteiger charge is 2.16. The first-order valence-corrected chi connectivity index (χ1v) is 8.09. The largest absolute Gasteiger partial charge is 0.465 e. The minimum atomic E-state index is -0.437. The molecule has 0 saturated carbocycles. The van der Waals surface area contributed by atoms with Gasteiger partial charge in [-0.25, -0.2) is 9.78 Å². The van der Waals surface area contributed by atoms with Gasteiger partial charge in [0, 0.05) is 6.20 Å². The van der Waals surface area contributed by atoms with Gasteiger partial charge in [-0.3, -0.25) is 4.40 Å². The smallest absolute Gasteiger partial charge is 0.340 e. The number of benzene rings is 1. The van der Waals surface area contributed by atoms with Crippen LogP contribution >= 0.6 is 0 Å². The zero-order valence-electron chi connectivity index (χ0n) is 14.7. The number of azo groups is 1. The molecule has 128 valence electrons. The molecule has 0 aliphatic rings. The maximum absolute atomic E-state index is 11.9. The van der Waals surface area contributed by atoms with Crippen LogP contribution in [0.15, 0.2) is 52.8 Å². The lowest BCUT2D eigenvalue weighted by molar-refractivity contribution is 0.0601. The highest BCUT2D eigenvalue weighted by atomic mass is 16.5. The maximum Gasteiger partial charge on any atom is 0.340 e. The second kappa shape index (κ2) is 6.84. The standard InChI is InChI=1S/C19H20N4O2/c1-12(2)17-18(23-11-13(3)9-10-16(23)20-17)22-21-15-8-6-5-7-14(15)19(24)25-4/h5-12H,1-4H3. The quantitative estimate of drug-likeness (QED) is 0.499. The van der Waals surface area contributed by atoms with Crippen molar-refractivity contribution < 1.29 is 9.53 Å². The Bertz CT molecular complexity index is 957. The Kier molecular flexibility index (Phi) is 4.61. The zero-order chi connectivity index (χ0) is 18.0. The van der Waals surface area contributed by atoms with Crippen LogP contribution in [0.5, 0.6) is 0 Å². The van der Waals surface area contributed by atoms with Crippen molar-refractivity contribution in [3.63, 3.8) is 0 Å². The van der Waals surface area contributed by atoms with E-state index in [1.54, 1.807) is 18.2 Å². The molecular formula is C19H20N4O2. The molecule has 0 aliphatic heterocycles. The molecule has 0 atom stereocenters. The molecule has 2 aromatic heterocycles. The molecule has 0 aliphatic carbocycles. The third kappa shape index (κ3) is 3.28. The van der Waals surface area contributed by atoms with Crippen LogP contribution < -0.4 is 0 Å². The van der Waals surface area contributed by atoms with Crippen LogP contribution in [-0.4, -0.2) is 22.5 Å². The van der Waals surface area contributed by atoms with Crippen molar-refractivity contribution in [2.24, 2.45) is 10.2 Å². The summed E-state index contributed by atoms with van der Waals surface area (Å²) in [6, 6.07) is 11.0. The van der Waals surface area contributed by atoms with E-state index < -0.39 is 5.97 Å². The maximum atomic E-state index is 11.9. The summed E-state index contributed by atoms with van der Waals surface area (Å²) in [6.07, 6.45) is 1.98. The lowest BCUT2D eigenvalue weighted by Gasteiger charge is -2.04. The molecule has 0 amide bonds. The van der Waals surface area contributed by atoms with E-state index in [2.05, 4.69) is 29.1 Å². The zero-order valence-corrected chi connectivity index (χ0v) is 14.7. The average Bonchev–Trinajstić information content (AvgIpc) is 2.97. The van der Waals surface area contributed by atoms with Crippen LogP contribution in [0.25, 0.3) is 5.65 Å². The van der Waals surface area contributed by atoms with Crippen LogP contribution in [0.2, 0.25) is 0 Å². The highest BCUT2D eigenvalue weighted by Crippen LogP contribution is 2.30. The summed E-state index contributed by atoms with van der Waals surface area (Å²) in [6.45, 7) is 6.15. The summed E-state index contributed by atoms with van der Waals surface area (Å²) >= 11 is 0. The average molecular weight is 336 g/mol. The van der Waals surface area contributed by atoms with Gasteiger partial charge in [0.2, 0.25) is 0 Å². The molecular weight excluding hydrogens is 316 g/mol. The number of fused-ring (bicyclic) bond motifs is 1. The Morgan fingerprint density at radius 1 is 1.16 bits per heavy atom. The molecule has 0 fully saturated rings. The molecule has 0 bridgehead atoms. The number of hydrogen-bond donors (Lipinski definition) is 0. The van der Waals surface area contributed by atoms with Crippen molar-refractivity contribution >= 4 is 23.1 Å². The van der Waals surface area contributed by atoms with E-state index in [1.807, 2.05) is 35.7 Å². The van der Waals surface area contributed by atoms with Gasteiger partial charge in [0.15, 0.2) is 5.82 Å². The second-order valence-corrected chi connectivity index (χ2v) is 6.12. The van der Waals surface area contributed by atoms with E-state index in [4.69, 9.17) is 4.74 Å². The third-order valence-electron chi connectivity index (χ3n) is 3.88. The lowest BCUT2D eigenvalue weighted by atomic mass is 10.1. The number of hydrogen-bond acceptors (Lipinski definition) is 5. The van der Waals surface area contributed by atoms with Gasteiger partial charge in [-0.1, -0.05) is 32.0 Å². The molecule has 25 heavy (non-hydrogen) atoms. The first-order valence-electron chi connectivity index (χ1n) is 8.09. The van der Waals surface area contributed by atoms with Crippen LogP contribution in [0.1, 0.15) is 41.4 Å². The van der Waals surface area contributed by atoms with Crippen molar-refractivity contribution in [1.29, 1.82) is 0 Å². The van der Waals surface area contributed by atoms with Crippen molar-refractivity contribution in [2.75, 3.05) is 7.11 Å². The van der Waals surface area contributed by atoms with Crippen molar-refractivity contribution in [2.45, 2.75) is 26.7 Å². The van der Waals surface area contributed by atoms with Crippen LogP contribution in [0.4, 0.5) is 11.5 Å². The van der Waals surface area contributed by atoms with Gasteiger partial charge >= 0.3 is 5.97 Å². The molecule has 6 nitrogen and oxygen atoms in total. The van der Waals surface area contributed by atoms with E-state index in [-0.39, 0.29) is 5.92 Å². The number of rotatable bonds is 4. The predicted molar refractivity (Wildman–Crippen MR) is 96.0 cm³/mol. The van der Waals surface area contributed by atoms with E-state index in [1.165, 1.54) is 7.11 Å². The van der Waals surface area contributed by atoms with Gasteiger partial charge in [-0.15, -0.1) is 10.2 Å². The molecule has 0 N–H and O–H groups in total. The van der Waals surface area contributed by atoms with Gasteiger partial charge in [0.05, 0.1) is 18.4 Å². The number of aryl methyl sites for hydroxylation is 1. The fraction of sp³-hybridized carbons (Fsp3) is 0.263. The van der Waals surface area contributed by atoms with E-state index in [0.29, 0.717) is 17.1 Å². The third-order valence-corrected chi connectivity index (χ3v) is 3.88. The molecule has 0 unspecified atom stereocenters. The van der Waals surface area contributed by atoms with Crippen LogP contribution in [0, 0.1) is 6.92 Å². The van der Waals surface area contributed by atoms with Crippen LogP contribution in [-0.2, 0) is 4.74 Å². The van der Waals surface area contributed by atoms with Gasteiger partial charge in [-0.05, 0) is 36.6 Å². The molecule has 2 heterocycles. The summed E-state index contributed by atoms with van der Waals surface area (Å²) in [5.74, 6) is 0.436. The molecule has 3 aromatic rings. The first kappa shape index (κ1) is 16.8. The Balaban J connectivity index is 2.12. The SMILES string of the molecule is COC(=O)c1ccccc1N=Nc1c(C(C)C)nc2ccc(C)cn12. The first-order chi connectivity index (χ1) is 12.0. The Labute approximate surface area is 146 Å². The Hall–Kier alpha value is -3.02. The summed E-state index contributed by atoms with van der Waals surface area (Å²) in [4.78, 5) is 16.5. The van der Waals surface area contributed by atoms with Crippen molar-refractivity contribution in [3.8, 4) is 0 Å². The Morgan fingerprint density at radius 2 is 1.92 bits per heavy atom. The number of esters is 1. The highest BCUT2D eigenvalue weighted by molar-refractivity contribution is 5.94. The normalized spacial score (nSPS) is 11.6. The van der Waals surface area contributed by atoms with Gasteiger partial charge in [0.1, 0.15) is 11.3 Å². The van der Waals surface area contributed by atoms with Gasteiger partial charge < -0.3 is 4.74 Å². The summed E-state index contributed by atoms with van der Waals surface area (Å²) in [7, 11) is 1.35. The molecule has 1 aromatic carbocycles. The summed E-state index contributed by atoms with van der Waals surface area (Å²) in [5, 5.41) is 8.73. The minimum Gasteiger partial charge on any atom is -0.465 e. The predicted octanol–water partition coefficient (Wildman–Crippen LogP) is 4.97. The van der Waals surface area contributed by atoms with Crippen molar-refractivity contribution in [1.82, 2.24) is 9.38 Å². The number of aromatic nitrogens is 2. The molecule has 0 radical (unpaired) electrons. The summed E-state index contributed by atoms with van der Waals surface area (Å²) in [5.41, 5.74) is 3.64. The van der Waals surface area contributed by atoms with E-state index >= 15 is 0 Å². The summed E-state index contributed by atoms with van der Waals surface area (Å²) < 4.78 is 6.73. The lowest BCUT2D eigenvalue weighted by Crippen LogP contribution is -2.00. The Morgan fingerprint density at radius 3 is 2.64 bits per heavy atom. The number of methoxy groups -OCH3 is 1. The van der Waals surface area contributed by atoms with Crippen molar-refractivity contribution in [3.05, 3.63) is 59.4 Å². The van der Waals surface area contributed by atoms with E-state index in [0.717, 1.165) is 16.9 Å². The molecule has 3 rings (SSSR count). The topological polar surface area (TPSA) is 68.3 Å². The fourth-order valence-electron chi connectivity index (χ4n) is 2.59. The number of pyridine rings is 1. The number of nitrogens with zero attached hydrogens (tertiary/aromatic N) is 4. The van der Waals surface area contributed by atoms with Gasteiger partial charge in [0.25, 0.3) is 0 Å². The molecule has 6 heteroatoms.